The van der Waals surface area contributed by atoms with Crippen LogP contribution in [0.3, 0.4) is 0 Å². The zero-order valence-electron chi connectivity index (χ0n) is 22.1. The summed E-state index contributed by atoms with van der Waals surface area (Å²) in [5, 5.41) is -0.0203. The summed E-state index contributed by atoms with van der Waals surface area (Å²) in [4.78, 5) is 0. The fourth-order valence-electron chi connectivity index (χ4n) is 5.49. The first-order chi connectivity index (χ1) is 15.9. The molecule has 2 heterocycles. The summed E-state index contributed by atoms with van der Waals surface area (Å²) in [5.74, 6) is -0.548. The Morgan fingerprint density at radius 3 is 2.31 bits per heavy atom. The molecule has 0 N–H and O–H groups in total. The van der Waals surface area contributed by atoms with Gasteiger partial charge in [-0.15, -0.1) is 0 Å². The van der Waals surface area contributed by atoms with E-state index in [0.29, 0.717) is 12.8 Å². The van der Waals surface area contributed by atoms with Crippen molar-refractivity contribution in [2.75, 3.05) is 0 Å². The molecule has 0 saturated carbocycles. The fourth-order valence-corrected chi connectivity index (χ4v) is 7.38. The minimum Gasteiger partial charge on any atom is -0.411 e. The molecule has 0 unspecified atom stereocenters. The summed E-state index contributed by atoms with van der Waals surface area (Å²) < 4.78 is 81.9. The molecular weight excluding hydrogens is 497 g/mol. The Bertz CT molecular complexity index is 949. The van der Waals surface area contributed by atoms with Gasteiger partial charge >= 0.3 is 15.6 Å². The molecule has 0 amide bonds. The molecule has 3 rings (SSSR count). The Morgan fingerprint density at radius 2 is 1.77 bits per heavy atom. The van der Waals surface area contributed by atoms with Crippen LogP contribution in [-0.4, -0.2) is 40.6 Å². The zero-order valence-corrected chi connectivity index (χ0v) is 23.9. The minimum absolute atomic E-state index is 0.0203. The normalized spacial score (nSPS) is 34.3. The predicted molar refractivity (Wildman–Crippen MR) is 132 cm³/mol. The van der Waals surface area contributed by atoms with Gasteiger partial charge < -0.3 is 13.3 Å². The van der Waals surface area contributed by atoms with Crippen molar-refractivity contribution in [3.63, 3.8) is 0 Å². The molecule has 5 nitrogen and oxygen atoms in total. The van der Waals surface area contributed by atoms with E-state index < -0.39 is 36.0 Å². The van der Waals surface area contributed by atoms with Crippen molar-refractivity contribution in [1.82, 2.24) is 0 Å². The number of hydrogen-bond acceptors (Lipinski definition) is 5. The summed E-state index contributed by atoms with van der Waals surface area (Å²) in [6.07, 6.45) is 5.18. The number of alkyl halides is 3. The van der Waals surface area contributed by atoms with Crippen LogP contribution in [0.2, 0.25) is 18.1 Å². The Morgan fingerprint density at radius 1 is 1.14 bits per heavy atom. The Balaban J connectivity index is 2.07. The zero-order chi connectivity index (χ0) is 26.6. The van der Waals surface area contributed by atoms with Crippen LogP contribution in [0.25, 0.3) is 0 Å². The van der Waals surface area contributed by atoms with E-state index in [0.717, 1.165) is 18.4 Å². The van der Waals surface area contributed by atoms with Crippen molar-refractivity contribution < 1.29 is 34.9 Å². The van der Waals surface area contributed by atoms with E-state index in [2.05, 4.69) is 53.8 Å². The molecule has 0 spiro atoms. The molecule has 0 aromatic heterocycles. The van der Waals surface area contributed by atoms with Crippen LogP contribution in [0.15, 0.2) is 23.5 Å². The minimum atomic E-state index is -5.77. The van der Waals surface area contributed by atoms with Crippen LogP contribution in [-0.2, 0) is 23.5 Å². The Labute approximate surface area is 209 Å². The number of hydrogen-bond donors (Lipinski definition) is 0. The summed E-state index contributed by atoms with van der Waals surface area (Å²) in [6.45, 7) is 17.1. The standard InChI is InChI=1S/C25H41F3O5SSi/c1-15(2)17-12-13-18(32-34(29,30)25(26,27)28)22-20-14-16(3)10-9-11-19(23(31-20)21(17)22)33-35(7,8)24(4,5)6/h10,13,15,17,19-23H,9,11-12,14H2,1-8H3/b16-10-/t17-,19+,20-,21-,22-,23+/m1/s1. The van der Waals surface area contributed by atoms with Crippen molar-refractivity contribution in [3.05, 3.63) is 23.5 Å². The van der Waals surface area contributed by atoms with E-state index >= 15 is 0 Å². The molecule has 6 atom stereocenters. The molecule has 1 fully saturated rings. The van der Waals surface area contributed by atoms with Gasteiger partial charge in [-0.05, 0) is 68.7 Å². The van der Waals surface area contributed by atoms with Gasteiger partial charge in [0.25, 0.3) is 0 Å². The van der Waals surface area contributed by atoms with Crippen LogP contribution in [0.5, 0.6) is 0 Å². The smallest absolute Gasteiger partial charge is 0.411 e. The molecule has 202 valence electrons. The second-order valence-electron chi connectivity index (χ2n) is 12.2. The lowest BCUT2D eigenvalue weighted by Gasteiger charge is -2.44. The van der Waals surface area contributed by atoms with E-state index in [1.54, 1.807) is 6.08 Å². The Hall–Kier alpha value is -0.843. The largest absolute Gasteiger partial charge is 0.534 e. The van der Waals surface area contributed by atoms with Gasteiger partial charge in [-0.1, -0.05) is 46.3 Å². The number of rotatable bonds is 5. The van der Waals surface area contributed by atoms with Crippen LogP contribution in [0, 0.1) is 23.7 Å². The van der Waals surface area contributed by atoms with E-state index in [9.17, 15) is 21.6 Å². The van der Waals surface area contributed by atoms with Gasteiger partial charge in [0.1, 0.15) is 5.76 Å². The third-order valence-corrected chi connectivity index (χ3v) is 13.9. The molecular formula is C25H41F3O5SSi. The van der Waals surface area contributed by atoms with Crippen molar-refractivity contribution >= 4 is 18.4 Å². The molecule has 1 saturated heterocycles. The van der Waals surface area contributed by atoms with Gasteiger partial charge in [-0.25, -0.2) is 0 Å². The molecule has 3 aliphatic rings. The molecule has 10 heteroatoms. The summed E-state index contributed by atoms with van der Waals surface area (Å²) >= 11 is 0. The van der Waals surface area contributed by atoms with Crippen molar-refractivity contribution in [1.29, 1.82) is 0 Å². The molecule has 0 radical (unpaired) electrons. The maximum atomic E-state index is 13.2. The van der Waals surface area contributed by atoms with E-state index in [1.807, 2.05) is 6.92 Å². The van der Waals surface area contributed by atoms with Crippen LogP contribution in [0.1, 0.15) is 67.2 Å². The highest BCUT2D eigenvalue weighted by Gasteiger charge is 2.58. The van der Waals surface area contributed by atoms with E-state index in [-0.39, 0.29) is 40.8 Å². The lowest BCUT2D eigenvalue weighted by atomic mass is 9.66. The molecule has 35 heavy (non-hydrogen) atoms. The van der Waals surface area contributed by atoms with E-state index in [1.165, 1.54) is 0 Å². The number of fused-ring (bicyclic) bond motifs is 5. The monoisotopic (exact) mass is 538 g/mol. The number of allylic oxidation sites excluding steroid dienone is 2. The van der Waals surface area contributed by atoms with Crippen LogP contribution < -0.4 is 0 Å². The molecule has 1 aliphatic carbocycles. The first kappa shape index (κ1) is 28.7. The van der Waals surface area contributed by atoms with Crippen molar-refractivity contribution in [3.8, 4) is 0 Å². The lowest BCUT2D eigenvalue weighted by Crippen LogP contribution is -2.50. The molecule has 0 aromatic rings. The average Bonchev–Trinajstić information content (AvgIpc) is 3.06. The summed E-state index contributed by atoms with van der Waals surface area (Å²) in [7, 11) is -7.95. The van der Waals surface area contributed by atoms with Gasteiger partial charge in [0.2, 0.25) is 0 Å². The van der Waals surface area contributed by atoms with Gasteiger partial charge in [-0.2, -0.15) is 21.6 Å². The highest BCUT2D eigenvalue weighted by molar-refractivity contribution is 7.87. The number of ether oxygens (including phenoxy) is 1. The summed E-state index contributed by atoms with van der Waals surface area (Å²) in [6, 6.07) is 0. The highest BCUT2D eigenvalue weighted by atomic mass is 32.2. The summed E-state index contributed by atoms with van der Waals surface area (Å²) in [5.41, 5.74) is -4.41. The van der Waals surface area contributed by atoms with Crippen molar-refractivity contribution in [2.45, 2.75) is 109 Å². The van der Waals surface area contributed by atoms with Crippen molar-refractivity contribution in [2.24, 2.45) is 23.7 Å². The topological polar surface area (TPSA) is 61.8 Å². The third kappa shape index (κ3) is 5.85. The van der Waals surface area contributed by atoms with E-state index in [4.69, 9.17) is 13.3 Å². The molecule has 0 aromatic carbocycles. The Kier molecular flexibility index (Phi) is 8.04. The van der Waals surface area contributed by atoms with Gasteiger partial charge in [0.15, 0.2) is 8.32 Å². The molecule has 2 bridgehead atoms. The fraction of sp³-hybridized carbons (Fsp3) is 0.840. The van der Waals surface area contributed by atoms with Crippen LogP contribution in [0.4, 0.5) is 13.2 Å². The lowest BCUT2D eigenvalue weighted by molar-refractivity contribution is -0.0534. The van der Waals surface area contributed by atoms with Crippen LogP contribution >= 0.6 is 0 Å². The van der Waals surface area contributed by atoms with Gasteiger partial charge in [0, 0.05) is 5.92 Å². The second kappa shape index (κ2) is 9.80. The predicted octanol–water partition coefficient (Wildman–Crippen LogP) is 6.93. The highest BCUT2D eigenvalue weighted by Crippen LogP contribution is 2.53. The first-order valence-corrected chi connectivity index (χ1v) is 16.9. The SMILES string of the molecule is C/C1=C/CC[C@H](O[Si](C)(C)C(C)(C)C)[C@@H]2O[C@H](C1)[C@H]1C(OS(=O)(=O)C(F)(F)F)=CC[C@H](C(C)C)[C@@H]21. The second-order valence-corrected chi connectivity index (χ2v) is 18.5. The van der Waals surface area contributed by atoms with Gasteiger partial charge in [-0.3, -0.25) is 0 Å². The molecule has 2 aliphatic heterocycles. The van der Waals surface area contributed by atoms with Gasteiger partial charge in [0.05, 0.1) is 24.2 Å². The number of halogens is 3. The maximum Gasteiger partial charge on any atom is 0.534 e. The average molecular weight is 539 g/mol. The first-order valence-electron chi connectivity index (χ1n) is 12.6. The maximum absolute atomic E-state index is 13.2. The quantitative estimate of drug-likeness (QED) is 0.164. The third-order valence-electron chi connectivity index (χ3n) is 8.37.